The Balaban J connectivity index is 1.23. The third-order valence-corrected chi connectivity index (χ3v) is 9.41. The number of anilines is 5. The molecule has 1 aliphatic carbocycles. The van der Waals surface area contributed by atoms with Gasteiger partial charge in [0.25, 0.3) is 5.91 Å². The molecule has 3 aromatic rings. The number of ether oxygens (including phenoxy) is 1. The molecule has 2 aromatic carbocycles. The molecule has 3 fully saturated rings. The van der Waals surface area contributed by atoms with Crippen molar-refractivity contribution in [2.24, 2.45) is 5.92 Å². The van der Waals surface area contributed by atoms with Crippen LogP contribution in [0.5, 0.6) is 5.75 Å². The van der Waals surface area contributed by atoms with E-state index < -0.39 is 23.6 Å². The highest BCUT2D eigenvalue weighted by Crippen LogP contribution is 2.57. The lowest BCUT2D eigenvalue weighted by Gasteiger charge is -2.47. The Morgan fingerprint density at radius 3 is 2.56 bits per heavy atom. The molecule has 1 amide bonds. The van der Waals surface area contributed by atoms with Crippen LogP contribution in [0.1, 0.15) is 49.3 Å². The molecule has 5 heterocycles. The number of carbonyl (C=O) groups excluding carboxylic acids is 1. The minimum absolute atomic E-state index is 0.126. The lowest BCUT2D eigenvalue weighted by Crippen LogP contribution is -2.53. The molecule has 8 rings (SSSR count). The third-order valence-electron chi connectivity index (χ3n) is 9.41. The third kappa shape index (κ3) is 5.12. The molecule has 1 aromatic heterocycles. The van der Waals surface area contributed by atoms with Crippen molar-refractivity contribution in [3.63, 3.8) is 0 Å². The van der Waals surface area contributed by atoms with Gasteiger partial charge in [-0.25, -0.2) is 19.4 Å². The Hall–Kier alpha value is -4.39. The van der Waals surface area contributed by atoms with Gasteiger partial charge in [-0.05, 0) is 67.5 Å². The van der Waals surface area contributed by atoms with Crippen molar-refractivity contribution in [2.45, 2.75) is 49.9 Å². The molecule has 5 aliphatic rings. The van der Waals surface area contributed by atoms with Crippen molar-refractivity contribution < 1.29 is 31.9 Å². The summed E-state index contributed by atoms with van der Waals surface area (Å²) >= 11 is 0. The van der Waals surface area contributed by atoms with E-state index in [9.17, 15) is 22.4 Å². The van der Waals surface area contributed by atoms with E-state index in [1.54, 1.807) is 13.2 Å². The highest BCUT2D eigenvalue weighted by molar-refractivity contribution is 6.06. The lowest BCUT2D eigenvalue weighted by atomic mass is 9.83. The van der Waals surface area contributed by atoms with Crippen LogP contribution < -0.4 is 24.9 Å². The maximum atomic E-state index is 14.2. The minimum Gasteiger partial charge on any atom is -0.494 e. The van der Waals surface area contributed by atoms with Gasteiger partial charge in [0.2, 0.25) is 0 Å². The van der Waals surface area contributed by atoms with E-state index in [-0.39, 0.29) is 29.4 Å². The molecule has 45 heavy (non-hydrogen) atoms. The predicted molar refractivity (Wildman–Crippen MR) is 160 cm³/mol. The van der Waals surface area contributed by atoms with Crippen molar-refractivity contribution in [1.29, 1.82) is 0 Å². The molecular weight excluding hydrogens is 592 g/mol. The Bertz CT molecular complexity index is 1650. The maximum absolute atomic E-state index is 14.2. The van der Waals surface area contributed by atoms with Gasteiger partial charge >= 0.3 is 6.18 Å². The summed E-state index contributed by atoms with van der Waals surface area (Å²) in [6, 6.07) is 7.22. The molecule has 1 N–H and O–H groups in total. The first-order valence-electron chi connectivity index (χ1n) is 14.9. The first kappa shape index (κ1) is 29.3. The largest absolute Gasteiger partial charge is 0.494 e. The number of rotatable bonds is 6. The van der Waals surface area contributed by atoms with Crippen LogP contribution in [0.3, 0.4) is 0 Å². The molecule has 2 bridgehead atoms. The van der Waals surface area contributed by atoms with Crippen molar-refractivity contribution in [3.05, 3.63) is 72.3 Å². The van der Waals surface area contributed by atoms with Gasteiger partial charge in [0, 0.05) is 31.6 Å². The van der Waals surface area contributed by atoms with Crippen LogP contribution in [0.2, 0.25) is 0 Å². The number of hydrogen-bond acceptors (Lipinski definition) is 8. The number of alkyl halides is 3. The second kappa shape index (κ2) is 10.9. The summed E-state index contributed by atoms with van der Waals surface area (Å²) in [7, 11) is 1.57. The van der Waals surface area contributed by atoms with Crippen molar-refractivity contribution in [3.8, 4) is 5.75 Å². The Morgan fingerprint density at radius 2 is 1.87 bits per heavy atom. The summed E-state index contributed by atoms with van der Waals surface area (Å²) in [5.74, 6) is 0.463. The standard InChI is InChI=1S/C32H32F4N6O3/c1-3-30(43)41-26-15-23(27(44-2)16-25(26)40-9-4-20(5-10-40)31(41)7-8-31)39-28-17-29(38-18-37-28)42-24(6-11-45-42)19-12-21(32(34,35)36)14-22(33)13-19/h3,12-18,20,24H,1,4-11H2,2H3,(H,37,38,39). The lowest BCUT2D eigenvalue weighted by molar-refractivity contribution is -0.137. The number of benzene rings is 2. The smallest absolute Gasteiger partial charge is 0.416 e. The van der Waals surface area contributed by atoms with E-state index in [4.69, 9.17) is 9.57 Å². The molecule has 2 saturated heterocycles. The topological polar surface area (TPSA) is 83.1 Å². The Labute approximate surface area is 257 Å². The van der Waals surface area contributed by atoms with E-state index in [1.807, 2.05) is 17.0 Å². The van der Waals surface area contributed by atoms with Crippen LogP contribution in [0.25, 0.3) is 0 Å². The summed E-state index contributed by atoms with van der Waals surface area (Å²) in [5.41, 5.74) is 1.08. The molecule has 236 valence electrons. The maximum Gasteiger partial charge on any atom is 0.416 e. The molecule has 4 aliphatic heterocycles. The first-order chi connectivity index (χ1) is 21.6. The number of halogens is 4. The summed E-state index contributed by atoms with van der Waals surface area (Å²) in [6.45, 7) is 5.79. The zero-order valence-electron chi connectivity index (χ0n) is 24.6. The van der Waals surface area contributed by atoms with E-state index in [0.717, 1.165) is 62.3 Å². The molecule has 1 saturated carbocycles. The summed E-state index contributed by atoms with van der Waals surface area (Å²) in [6.07, 6.45) is 2.21. The number of carbonyl (C=O) groups is 1. The molecule has 0 radical (unpaired) electrons. The van der Waals surface area contributed by atoms with Crippen molar-refractivity contribution in [2.75, 3.05) is 47.0 Å². The van der Waals surface area contributed by atoms with E-state index in [2.05, 4.69) is 26.8 Å². The number of hydroxylamine groups is 1. The minimum atomic E-state index is -4.69. The number of piperidine rings is 1. The van der Waals surface area contributed by atoms with Gasteiger partial charge < -0.3 is 19.9 Å². The normalized spacial score (nSPS) is 20.6. The van der Waals surface area contributed by atoms with Gasteiger partial charge in [0.05, 0.1) is 47.9 Å². The summed E-state index contributed by atoms with van der Waals surface area (Å²) < 4.78 is 60.3. The van der Waals surface area contributed by atoms with Crippen LogP contribution in [0, 0.1) is 11.7 Å². The summed E-state index contributed by atoms with van der Waals surface area (Å²) in [5, 5.41) is 4.67. The van der Waals surface area contributed by atoms with Crippen LogP contribution in [-0.4, -0.2) is 48.2 Å². The van der Waals surface area contributed by atoms with Crippen LogP contribution in [0.15, 0.2) is 55.4 Å². The molecule has 9 nitrogen and oxygen atoms in total. The van der Waals surface area contributed by atoms with Crippen LogP contribution in [-0.2, 0) is 15.8 Å². The molecular formula is C32H32F4N6O3. The molecule has 1 unspecified atom stereocenters. The number of nitrogens with one attached hydrogen (secondary N) is 1. The van der Waals surface area contributed by atoms with Gasteiger partial charge in [-0.15, -0.1) is 0 Å². The molecule has 13 heteroatoms. The Morgan fingerprint density at radius 1 is 1.09 bits per heavy atom. The zero-order valence-corrected chi connectivity index (χ0v) is 24.6. The fraction of sp³-hybridized carbons (Fsp3) is 0.406. The first-order valence-corrected chi connectivity index (χ1v) is 14.9. The second-order valence-corrected chi connectivity index (χ2v) is 11.9. The van der Waals surface area contributed by atoms with Crippen LogP contribution >= 0.6 is 0 Å². The van der Waals surface area contributed by atoms with Crippen LogP contribution in [0.4, 0.5) is 46.3 Å². The SMILES string of the molecule is C=CC(=O)N1c2cc(Nc3cc(N4OCCC4c4cc(F)cc(C(F)(F)F)c4)ncn3)c(OC)cc2N2CCC(CC2)C12CC2. The summed E-state index contributed by atoms with van der Waals surface area (Å²) in [4.78, 5) is 32.0. The number of methoxy groups -OCH3 is 1. The Kier molecular flexibility index (Phi) is 7.10. The number of aromatic nitrogens is 2. The van der Waals surface area contributed by atoms with Crippen molar-refractivity contribution in [1.82, 2.24) is 9.97 Å². The predicted octanol–water partition coefficient (Wildman–Crippen LogP) is 6.55. The van der Waals surface area contributed by atoms with Gasteiger partial charge in [0.1, 0.15) is 23.7 Å². The number of fused-ring (bicyclic) bond motifs is 2. The van der Waals surface area contributed by atoms with E-state index >= 15 is 0 Å². The number of nitrogens with zero attached hydrogens (tertiary/aromatic N) is 5. The average molecular weight is 625 g/mol. The average Bonchev–Trinajstić information content (AvgIpc) is 3.67. The monoisotopic (exact) mass is 624 g/mol. The fourth-order valence-electron chi connectivity index (χ4n) is 7.17. The fourth-order valence-corrected chi connectivity index (χ4v) is 7.17. The van der Waals surface area contributed by atoms with Gasteiger partial charge in [-0.2, -0.15) is 13.2 Å². The van der Waals surface area contributed by atoms with E-state index in [1.165, 1.54) is 17.5 Å². The molecule has 1 atom stereocenters. The second-order valence-electron chi connectivity index (χ2n) is 11.9. The van der Waals surface area contributed by atoms with E-state index in [0.29, 0.717) is 35.7 Å². The number of amides is 1. The zero-order chi connectivity index (χ0) is 31.5. The highest BCUT2D eigenvalue weighted by atomic mass is 19.4. The highest BCUT2D eigenvalue weighted by Gasteiger charge is 2.57. The van der Waals surface area contributed by atoms with Gasteiger partial charge in [-0.3, -0.25) is 9.63 Å². The quantitative estimate of drug-likeness (QED) is 0.244. The van der Waals surface area contributed by atoms with Gasteiger partial charge in [0.15, 0.2) is 5.82 Å². The number of hydrogen-bond donors (Lipinski definition) is 1. The molecule has 1 spiro atoms. The van der Waals surface area contributed by atoms with Gasteiger partial charge in [-0.1, -0.05) is 6.58 Å². The van der Waals surface area contributed by atoms with Crippen molar-refractivity contribution >= 4 is 34.6 Å².